The topological polar surface area (TPSA) is 30.0 Å². The lowest BCUT2D eigenvalue weighted by Crippen LogP contribution is -2.12. The zero-order chi connectivity index (χ0) is 13.6. The summed E-state index contributed by atoms with van der Waals surface area (Å²) in [5.74, 6) is 0.118. The summed E-state index contributed by atoms with van der Waals surface area (Å²) < 4.78 is 0. The molecule has 0 N–H and O–H groups in total. The van der Waals surface area contributed by atoms with E-state index in [1.54, 1.807) is 6.92 Å². The minimum absolute atomic E-state index is 0.118. The van der Waals surface area contributed by atoms with E-state index in [1.165, 1.54) is 0 Å². The van der Waals surface area contributed by atoms with Crippen molar-refractivity contribution in [3.8, 4) is 0 Å². The second-order valence-corrected chi connectivity index (χ2v) is 5.73. The molecule has 98 valence electrons. The van der Waals surface area contributed by atoms with Gasteiger partial charge >= 0.3 is 0 Å². The monoisotopic (exact) mass is 273 g/mol. The van der Waals surface area contributed by atoms with Crippen molar-refractivity contribution in [3.63, 3.8) is 0 Å². The molecule has 0 spiro atoms. The molecule has 3 rings (SSSR count). The van der Waals surface area contributed by atoms with E-state index in [1.807, 2.05) is 19.1 Å². The number of nitrogens with zero attached hydrogens (tertiary/aromatic N) is 1. The van der Waals surface area contributed by atoms with Crippen LogP contribution in [0.5, 0.6) is 0 Å². The van der Waals surface area contributed by atoms with E-state index in [0.717, 1.165) is 59.0 Å². The standard InChI is InChI=1S/C16H16ClNO/c1-9-7-11(17)8-13-15(10(2)19)12-5-3-4-6-14(12)18-16(9)13/h7-8H,3-6H2,1-2H3. The third-order valence-electron chi connectivity index (χ3n) is 3.87. The molecule has 1 aromatic carbocycles. The van der Waals surface area contributed by atoms with Crippen molar-refractivity contribution >= 4 is 28.3 Å². The van der Waals surface area contributed by atoms with Crippen LogP contribution < -0.4 is 0 Å². The summed E-state index contributed by atoms with van der Waals surface area (Å²) in [5, 5.41) is 1.59. The molecule has 0 bridgehead atoms. The fourth-order valence-electron chi connectivity index (χ4n) is 3.06. The van der Waals surface area contributed by atoms with Gasteiger partial charge in [-0.1, -0.05) is 11.6 Å². The zero-order valence-corrected chi connectivity index (χ0v) is 12.0. The molecule has 0 saturated carbocycles. The van der Waals surface area contributed by atoms with E-state index >= 15 is 0 Å². The Morgan fingerprint density at radius 2 is 2.00 bits per heavy atom. The predicted molar refractivity (Wildman–Crippen MR) is 78.1 cm³/mol. The number of Topliss-reactive ketones (excluding diaryl/α,β-unsaturated/α-hetero) is 1. The Kier molecular flexibility index (Phi) is 3.06. The molecule has 0 saturated heterocycles. The number of carbonyl (C=O) groups is 1. The number of ketones is 1. The van der Waals surface area contributed by atoms with Crippen LogP contribution >= 0.6 is 11.6 Å². The summed E-state index contributed by atoms with van der Waals surface area (Å²) >= 11 is 6.14. The van der Waals surface area contributed by atoms with E-state index < -0.39 is 0 Å². The highest BCUT2D eigenvalue weighted by molar-refractivity contribution is 6.31. The van der Waals surface area contributed by atoms with Crippen molar-refractivity contribution < 1.29 is 4.79 Å². The fourth-order valence-corrected chi connectivity index (χ4v) is 3.33. The van der Waals surface area contributed by atoms with Gasteiger partial charge in [-0.25, -0.2) is 0 Å². The average molecular weight is 274 g/mol. The van der Waals surface area contributed by atoms with Gasteiger partial charge < -0.3 is 0 Å². The van der Waals surface area contributed by atoms with Crippen molar-refractivity contribution in [3.05, 3.63) is 39.5 Å². The van der Waals surface area contributed by atoms with Gasteiger partial charge in [-0.3, -0.25) is 9.78 Å². The number of halogens is 1. The Bertz CT molecular complexity index is 691. The normalized spacial score (nSPS) is 14.5. The van der Waals surface area contributed by atoms with Gasteiger partial charge in [0, 0.05) is 21.7 Å². The lowest BCUT2D eigenvalue weighted by Gasteiger charge is -2.20. The van der Waals surface area contributed by atoms with Crippen molar-refractivity contribution in [2.75, 3.05) is 0 Å². The number of fused-ring (bicyclic) bond motifs is 2. The molecule has 2 aromatic rings. The van der Waals surface area contributed by atoms with Crippen LogP contribution in [0.3, 0.4) is 0 Å². The van der Waals surface area contributed by atoms with Gasteiger partial charge in [-0.15, -0.1) is 0 Å². The molecule has 0 radical (unpaired) electrons. The fraction of sp³-hybridized carbons (Fsp3) is 0.375. The number of rotatable bonds is 1. The number of aryl methyl sites for hydroxylation is 2. The van der Waals surface area contributed by atoms with E-state index in [0.29, 0.717) is 5.02 Å². The molecule has 1 aliphatic rings. The second-order valence-electron chi connectivity index (χ2n) is 5.29. The number of hydrogen-bond donors (Lipinski definition) is 0. The smallest absolute Gasteiger partial charge is 0.160 e. The van der Waals surface area contributed by atoms with E-state index in [2.05, 4.69) is 0 Å². The largest absolute Gasteiger partial charge is 0.294 e. The summed E-state index contributed by atoms with van der Waals surface area (Å²) in [6.07, 6.45) is 4.24. The first-order valence-corrected chi connectivity index (χ1v) is 7.08. The lowest BCUT2D eigenvalue weighted by atomic mass is 9.88. The first-order chi connectivity index (χ1) is 9.08. The lowest BCUT2D eigenvalue weighted by molar-refractivity contribution is 0.101. The first kappa shape index (κ1) is 12.6. The number of aromatic nitrogens is 1. The van der Waals surface area contributed by atoms with Crippen LogP contribution in [0.15, 0.2) is 12.1 Å². The first-order valence-electron chi connectivity index (χ1n) is 6.70. The van der Waals surface area contributed by atoms with E-state index in [-0.39, 0.29) is 5.78 Å². The minimum atomic E-state index is 0.118. The van der Waals surface area contributed by atoms with E-state index in [9.17, 15) is 4.79 Å². The van der Waals surface area contributed by atoms with Crippen LogP contribution in [0.4, 0.5) is 0 Å². The van der Waals surface area contributed by atoms with Crippen LogP contribution in [0.1, 0.15) is 46.9 Å². The summed E-state index contributed by atoms with van der Waals surface area (Å²) in [5.41, 5.74) is 5.06. The van der Waals surface area contributed by atoms with Crippen molar-refractivity contribution in [1.82, 2.24) is 4.98 Å². The van der Waals surface area contributed by atoms with Crippen LogP contribution in [0.25, 0.3) is 10.9 Å². The number of benzene rings is 1. The van der Waals surface area contributed by atoms with Gasteiger partial charge in [0.2, 0.25) is 0 Å². The molecule has 0 aliphatic heterocycles. The highest BCUT2D eigenvalue weighted by atomic mass is 35.5. The Morgan fingerprint density at radius 1 is 1.26 bits per heavy atom. The highest BCUT2D eigenvalue weighted by Gasteiger charge is 2.21. The molecule has 3 heteroatoms. The molecule has 2 nitrogen and oxygen atoms in total. The van der Waals surface area contributed by atoms with Gasteiger partial charge in [0.15, 0.2) is 5.78 Å². The third-order valence-corrected chi connectivity index (χ3v) is 4.09. The molecule has 1 heterocycles. The Balaban J connectivity index is 2.46. The molecule has 0 fully saturated rings. The van der Waals surface area contributed by atoms with Crippen LogP contribution in [-0.4, -0.2) is 10.8 Å². The molecular formula is C16H16ClNO. The second kappa shape index (κ2) is 4.61. The minimum Gasteiger partial charge on any atom is -0.294 e. The molecule has 0 amide bonds. The van der Waals surface area contributed by atoms with Gasteiger partial charge in [0.05, 0.1) is 5.52 Å². The van der Waals surface area contributed by atoms with Crippen LogP contribution in [0, 0.1) is 6.92 Å². The zero-order valence-electron chi connectivity index (χ0n) is 11.2. The molecule has 1 aliphatic carbocycles. The van der Waals surface area contributed by atoms with Crippen LogP contribution in [0.2, 0.25) is 5.02 Å². The summed E-state index contributed by atoms with van der Waals surface area (Å²) in [6, 6.07) is 3.79. The Morgan fingerprint density at radius 3 is 2.74 bits per heavy atom. The highest BCUT2D eigenvalue weighted by Crippen LogP contribution is 2.32. The Labute approximate surface area is 117 Å². The molecule has 19 heavy (non-hydrogen) atoms. The maximum Gasteiger partial charge on any atom is 0.160 e. The third kappa shape index (κ3) is 2.04. The molecule has 1 aromatic heterocycles. The predicted octanol–water partition coefficient (Wildman–Crippen LogP) is 4.28. The van der Waals surface area contributed by atoms with Gasteiger partial charge in [-0.05, 0) is 62.8 Å². The molecule has 0 unspecified atom stereocenters. The Hall–Kier alpha value is -1.41. The van der Waals surface area contributed by atoms with E-state index in [4.69, 9.17) is 16.6 Å². The average Bonchev–Trinajstić information content (AvgIpc) is 2.36. The van der Waals surface area contributed by atoms with Crippen molar-refractivity contribution in [1.29, 1.82) is 0 Å². The summed E-state index contributed by atoms with van der Waals surface area (Å²) in [4.78, 5) is 16.9. The maximum absolute atomic E-state index is 12.1. The quantitative estimate of drug-likeness (QED) is 0.726. The van der Waals surface area contributed by atoms with Crippen LogP contribution in [-0.2, 0) is 12.8 Å². The van der Waals surface area contributed by atoms with Crippen molar-refractivity contribution in [2.45, 2.75) is 39.5 Å². The molecule has 0 atom stereocenters. The van der Waals surface area contributed by atoms with Crippen molar-refractivity contribution in [2.24, 2.45) is 0 Å². The number of pyridine rings is 1. The maximum atomic E-state index is 12.1. The van der Waals surface area contributed by atoms with Gasteiger partial charge in [-0.2, -0.15) is 0 Å². The van der Waals surface area contributed by atoms with Gasteiger partial charge in [0.25, 0.3) is 0 Å². The summed E-state index contributed by atoms with van der Waals surface area (Å²) in [7, 11) is 0. The van der Waals surface area contributed by atoms with Gasteiger partial charge in [0.1, 0.15) is 0 Å². The SMILES string of the molecule is CC(=O)c1c2c(nc3c(C)cc(Cl)cc13)CCCC2. The number of hydrogen-bond acceptors (Lipinski definition) is 2. The summed E-state index contributed by atoms with van der Waals surface area (Å²) in [6.45, 7) is 3.64. The number of carbonyl (C=O) groups excluding carboxylic acids is 1. The molecular weight excluding hydrogens is 258 g/mol.